The van der Waals surface area contributed by atoms with Crippen LogP contribution in [0, 0.1) is 0 Å². The number of carbonyl (C=O) groups excluding carboxylic acids is 3. The molecule has 1 aliphatic heterocycles. The van der Waals surface area contributed by atoms with Crippen molar-refractivity contribution >= 4 is 23.5 Å². The maximum atomic E-state index is 12.6. The van der Waals surface area contributed by atoms with E-state index in [0.29, 0.717) is 11.3 Å². The summed E-state index contributed by atoms with van der Waals surface area (Å²) in [4.78, 5) is 38.4. The van der Waals surface area contributed by atoms with Crippen LogP contribution in [0.4, 0.5) is 5.69 Å². The lowest BCUT2D eigenvalue weighted by Gasteiger charge is -2.16. The van der Waals surface area contributed by atoms with Gasteiger partial charge in [0.2, 0.25) is 0 Å². The smallest absolute Gasteiger partial charge is 0.337 e. The van der Waals surface area contributed by atoms with Crippen molar-refractivity contribution in [1.82, 2.24) is 10.2 Å². The van der Waals surface area contributed by atoms with Gasteiger partial charge in [0.1, 0.15) is 5.70 Å². The van der Waals surface area contributed by atoms with Gasteiger partial charge in [0, 0.05) is 12.6 Å². The first-order valence-corrected chi connectivity index (χ1v) is 8.43. The van der Waals surface area contributed by atoms with E-state index in [9.17, 15) is 14.4 Å². The van der Waals surface area contributed by atoms with Crippen molar-refractivity contribution in [3.05, 3.63) is 41.1 Å². The molecule has 0 unspecified atom stereocenters. The molecule has 0 bridgehead atoms. The van der Waals surface area contributed by atoms with Crippen LogP contribution in [-0.4, -0.2) is 60.6 Å². The average Bonchev–Trinajstić information content (AvgIpc) is 3.41. The Kier molecular flexibility index (Phi) is 5.22. The summed E-state index contributed by atoms with van der Waals surface area (Å²) in [7, 11) is 1.24. The predicted molar refractivity (Wildman–Crippen MR) is 93.3 cm³/mol. The fourth-order valence-corrected chi connectivity index (χ4v) is 2.76. The zero-order valence-corrected chi connectivity index (χ0v) is 14.4. The van der Waals surface area contributed by atoms with Gasteiger partial charge in [-0.1, -0.05) is 12.1 Å². The fraction of sp³-hybridized carbons (Fsp3) is 0.389. The standard InChI is InChI=1S/C18H21N3O5/c1-26-18(25)13-10-21(8-9-22)17(24)15(13)20-14-5-3-2-4-12(14)16(23)19-11-6-7-11/h2-5,11,20,22H,6-10H2,1H3,(H,19,23). The zero-order valence-electron chi connectivity index (χ0n) is 14.4. The molecule has 1 saturated carbocycles. The number of hydrogen-bond acceptors (Lipinski definition) is 6. The van der Waals surface area contributed by atoms with Crippen LogP contribution >= 0.6 is 0 Å². The summed E-state index contributed by atoms with van der Waals surface area (Å²) >= 11 is 0. The molecule has 0 atom stereocenters. The number of benzene rings is 1. The molecule has 1 aliphatic carbocycles. The van der Waals surface area contributed by atoms with Crippen molar-refractivity contribution in [1.29, 1.82) is 0 Å². The van der Waals surface area contributed by atoms with E-state index < -0.39 is 11.9 Å². The van der Waals surface area contributed by atoms with Gasteiger partial charge in [0.15, 0.2) is 0 Å². The first kappa shape index (κ1) is 17.9. The summed E-state index contributed by atoms with van der Waals surface area (Å²) in [6.45, 7) is -0.0625. The number of hydrogen-bond donors (Lipinski definition) is 3. The lowest BCUT2D eigenvalue weighted by Crippen LogP contribution is -2.31. The number of carbonyl (C=O) groups is 3. The Hall–Kier alpha value is -2.87. The van der Waals surface area contributed by atoms with E-state index in [1.807, 2.05) is 0 Å². The Labute approximate surface area is 150 Å². The normalized spacial score (nSPS) is 16.7. The Morgan fingerprint density at radius 2 is 2.04 bits per heavy atom. The number of β-amino-alcohol motifs (C(OH)–C–C–N with tert-alkyl or cyclic N) is 1. The van der Waals surface area contributed by atoms with Crippen LogP contribution < -0.4 is 10.6 Å². The van der Waals surface area contributed by atoms with Crippen LogP contribution in [0.15, 0.2) is 35.5 Å². The molecule has 8 nitrogen and oxygen atoms in total. The molecular weight excluding hydrogens is 338 g/mol. The third-order valence-electron chi connectivity index (χ3n) is 4.30. The SMILES string of the molecule is COC(=O)C1=C(Nc2ccccc2C(=O)NC2CC2)C(=O)N(CCO)C1. The fourth-order valence-electron chi connectivity index (χ4n) is 2.76. The molecule has 1 aromatic carbocycles. The summed E-state index contributed by atoms with van der Waals surface area (Å²) < 4.78 is 4.76. The van der Waals surface area contributed by atoms with Crippen molar-refractivity contribution in [3.63, 3.8) is 0 Å². The first-order valence-electron chi connectivity index (χ1n) is 8.43. The topological polar surface area (TPSA) is 108 Å². The monoisotopic (exact) mass is 359 g/mol. The molecule has 26 heavy (non-hydrogen) atoms. The van der Waals surface area contributed by atoms with E-state index in [4.69, 9.17) is 9.84 Å². The van der Waals surface area contributed by atoms with Crippen molar-refractivity contribution in [2.75, 3.05) is 32.1 Å². The quantitative estimate of drug-likeness (QED) is 0.603. The molecule has 2 aliphatic rings. The van der Waals surface area contributed by atoms with Gasteiger partial charge in [0.25, 0.3) is 11.8 Å². The number of nitrogens with one attached hydrogen (secondary N) is 2. The number of aliphatic hydroxyl groups is 1. The molecule has 1 aromatic rings. The molecule has 0 saturated heterocycles. The number of methoxy groups -OCH3 is 1. The molecule has 2 amide bonds. The molecule has 8 heteroatoms. The van der Waals surface area contributed by atoms with Crippen LogP contribution in [0.25, 0.3) is 0 Å². The van der Waals surface area contributed by atoms with Gasteiger partial charge in [-0.2, -0.15) is 0 Å². The second-order valence-corrected chi connectivity index (χ2v) is 6.21. The van der Waals surface area contributed by atoms with Crippen LogP contribution in [0.3, 0.4) is 0 Å². The highest BCUT2D eigenvalue weighted by atomic mass is 16.5. The maximum Gasteiger partial charge on any atom is 0.337 e. The molecule has 138 valence electrons. The Bertz CT molecular complexity index is 770. The van der Waals surface area contributed by atoms with E-state index in [1.54, 1.807) is 24.3 Å². The van der Waals surface area contributed by atoms with Gasteiger partial charge in [-0.25, -0.2) is 4.79 Å². The number of esters is 1. The van der Waals surface area contributed by atoms with E-state index in [1.165, 1.54) is 12.0 Å². The molecular formula is C18H21N3O5. The summed E-state index contributed by atoms with van der Waals surface area (Å²) in [5.74, 6) is -1.27. The van der Waals surface area contributed by atoms with Crippen molar-refractivity contribution in [2.24, 2.45) is 0 Å². The minimum absolute atomic E-state index is 0.0465. The number of rotatable bonds is 7. The van der Waals surface area contributed by atoms with Crippen LogP contribution in [0.2, 0.25) is 0 Å². The van der Waals surface area contributed by atoms with Crippen molar-refractivity contribution in [2.45, 2.75) is 18.9 Å². The minimum atomic E-state index is -0.624. The lowest BCUT2D eigenvalue weighted by atomic mass is 10.1. The third-order valence-corrected chi connectivity index (χ3v) is 4.30. The molecule has 1 fully saturated rings. The number of ether oxygens (including phenoxy) is 1. The van der Waals surface area contributed by atoms with E-state index >= 15 is 0 Å². The second kappa shape index (κ2) is 7.57. The number of anilines is 1. The van der Waals surface area contributed by atoms with Gasteiger partial charge < -0.3 is 25.4 Å². The van der Waals surface area contributed by atoms with Gasteiger partial charge >= 0.3 is 5.97 Å². The van der Waals surface area contributed by atoms with E-state index in [-0.39, 0.29) is 42.9 Å². The second-order valence-electron chi connectivity index (χ2n) is 6.21. The van der Waals surface area contributed by atoms with E-state index in [0.717, 1.165) is 12.8 Å². The highest BCUT2D eigenvalue weighted by Gasteiger charge is 2.35. The van der Waals surface area contributed by atoms with Crippen LogP contribution in [0.1, 0.15) is 23.2 Å². The average molecular weight is 359 g/mol. The molecule has 1 heterocycles. The van der Waals surface area contributed by atoms with Crippen molar-refractivity contribution < 1.29 is 24.2 Å². The number of nitrogens with zero attached hydrogens (tertiary/aromatic N) is 1. The van der Waals surface area contributed by atoms with Gasteiger partial charge in [0.05, 0.1) is 37.1 Å². The van der Waals surface area contributed by atoms with E-state index in [2.05, 4.69) is 10.6 Å². The molecule has 0 spiro atoms. The molecule has 0 aromatic heterocycles. The first-order chi connectivity index (χ1) is 12.5. The lowest BCUT2D eigenvalue weighted by molar-refractivity contribution is -0.136. The summed E-state index contributed by atoms with van der Waals surface area (Å²) in [5.41, 5.74) is 1.06. The summed E-state index contributed by atoms with van der Waals surface area (Å²) in [5, 5.41) is 14.9. The Morgan fingerprint density at radius 1 is 1.31 bits per heavy atom. The number of aliphatic hydroxyl groups excluding tert-OH is 1. The zero-order chi connectivity index (χ0) is 18.7. The summed E-state index contributed by atoms with van der Waals surface area (Å²) in [6, 6.07) is 7.00. The van der Waals surface area contributed by atoms with Crippen molar-refractivity contribution in [3.8, 4) is 0 Å². The Morgan fingerprint density at radius 3 is 2.69 bits per heavy atom. The van der Waals surface area contributed by atoms with Crippen LogP contribution in [0.5, 0.6) is 0 Å². The maximum absolute atomic E-state index is 12.6. The van der Waals surface area contributed by atoms with Gasteiger partial charge in [-0.3, -0.25) is 9.59 Å². The van der Waals surface area contributed by atoms with Gasteiger partial charge in [-0.15, -0.1) is 0 Å². The largest absolute Gasteiger partial charge is 0.466 e. The third kappa shape index (κ3) is 3.70. The summed E-state index contributed by atoms with van der Waals surface area (Å²) in [6.07, 6.45) is 1.93. The number of amides is 2. The molecule has 0 radical (unpaired) electrons. The Balaban J connectivity index is 1.89. The van der Waals surface area contributed by atoms with Gasteiger partial charge in [-0.05, 0) is 25.0 Å². The predicted octanol–water partition coefficient (Wildman–Crippen LogP) is 0.252. The molecule has 3 rings (SSSR count). The highest BCUT2D eigenvalue weighted by Crippen LogP contribution is 2.26. The molecule has 3 N–H and O–H groups in total. The minimum Gasteiger partial charge on any atom is -0.466 e. The van der Waals surface area contributed by atoms with Crippen LogP contribution in [-0.2, 0) is 14.3 Å². The highest BCUT2D eigenvalue weighted by molar-refractivity contribution is 6.09. The number of para-hydroxylation sites is 1.